The van der Waals surface area contributed by atoms with E-state index in [-0.39, 0.29) is 11.8 Å². The van der Waals surface area contributed by atoms with Crippen LogP contribution in [0.4, 0.5) is 5.95 Å². The Balaban J connectivity index is 1.58. The molecule has 1 amide bonds. The molecule has 2 aliphatic heterocycles. The van der Waals surface area contributed by atoms with E-state index in [2.05, 4.69) is 10.1 Å². The van der Waals surface area contributed by atoms with Crippen LogP contribution in [0.3, 0.4) is 0 Å². The van der Waals surface area contributed by atoms with E-state index in [0.717, 1.165) is 24.3 Å². The average Bonchev–Trinajstić information content (AvgIpc) is 3.02. The quantitative estimate of drug-likeness (QED) is 0.806. The Morgan fingerprint density at radius 1 is 1.36 bits per heavy atom. The summed E-state index contributed by atoms with van der Waals surface area (Å²) < 4.78 is 7.50. The monoisotopic (exact) mass is 318 g/mol. The molecule has 0 saturated heterocycles. The number of amides is 1. The third-order valence-corrected chi connectivity index (χ3v) is 4.37. The molecule has 1 unspecified atom stereocenters. The Bertz CT molecular complexity index is 730. The maximum atomic E-state index is 12.8. The van der Waals surface area contributed by atoms with Crippen molar-refractivity contribution >= 4 is 23.5 Å². The average molecular weight is 319 g/mol. The molecule has 0 saturated carbocycles. The summed E-state index contributed by atoms with van der Waals surface area (Å²) in [6.45, 7) is 1.87. The second-order valence-corrected chi connectivity index (χ2v) is 6.03. The predicted molar refractivity (Wildman–Crippen MR) is 81.1 cm³/mol. The SMILES string of the molecule is O=C(C1COc2ccc(Cl)cc2C1)N1CCCn2ncnc21. The summed E-state index contributed by atoms with van der Waals surface area (Å²) >= 11 is 6.03. The summed E-state index contributed by atoms with van der Waals surface area (Å²) in [5.41, 5.74) is 0.982. The van der Waals surface area contributed by atoms with Crippen LogP contribution in [0.1, 0.15) is 12.0 Å². The summed E-state index contributed by atoms with van der Waals surface area (Å²) in [4.78, 5) is 18.8. The number of carbonyl (C=O) groups excluding carboxylic acids is 1. The molecule has 2 aliphatic rings. The van der Waals surface area contributed by atoms with Crippen molar-refractivity contribution in [2.75, 3.05) is 18.1 Å². The maximum absolute atomic E-state index is 12.8. The summed E-state index contributed by atoms with van der Waals surface area (Å²) in [6.07, 6.45) is 3.02. The van der Waals surface area contributed by atoms with Crippen LogP contribution in [-0.4, -0.2) is 33.8 Å². The molecular weight excluding hydrogens is 304 g/mol. The van der Waals surface area contributed by atoms with Crippen LogP contribution in [0.25, 0.3) is 0 Å². The Labute approximate surface area is 132 Å². The number of aryl methyl sites for hydroxylation is 1. The molecule has 0 aliphatic carbocycles. The highest BCUT2D eigenvalue weighted by Gasteiger charge is 2.33. The highest BCUT2D eigenvalue weighted by Crippen LogP contribution is 2.31. The van der Waals surface area contributed by atoms with Gasteiger partial charge in [0.2, 0.25) is 11.9 Å². The topological polar surface area (TPSA) is 60.2 Å². The molecule has 4 rings (SSSR count). The van der Waals surface area contributed by atoms with Crippen molar-refractivity contribution in [1.29, 1.82) is 0 Å². The van der Waals surface area contributed by atoms with Gasteiger partial charge in [-0.25, -0.2) is 4.68 Å². The molecule has 3 heterocycles. The van der Waals surface area contributed by atoms with Crippen molar-refractivity contribution in [3.05, 3.63) is 35.1 Å². The predicted octanol–water partition coefficient (Wildman–Crippen LogP) is 1.92. The lowest BCUT2D eigenvalue weighted by Gasteiger charge is -2.31. The molecule has 114 valence electrons. The highest BCUT2D eigenvalue weighted by molar-refractivity contribution is 6.30. The fraction of sp³-hybridized carbons (Fsp3) is 0.400. The number of hydrogen-bond donors (Lipinski definition) is 0. The first-order chi connectivity index (χ1) is 10.7. The number of carbonyl (C=O) groups is 1. The third-order valence-electron chi connectivity index (χ3n) is 4.13. The van der Waals surface area contributed by atoms with Crippen molar-refractivity contribution in [3.63, 3.8) is 0 Å². The minimum Gasteiger partial charge on any atom is -0.492 e. The van der Waals surface area contributed by atoms with E-state index in [9.17, 15) is 4.79 Å². The molecule has 1 aromatic heterocycles. The van der Waals surface area contributed by atoms with E-state index in [4.69, 9.17) is 16.3 Å². The number of halogens is 1. The van der Waals surface area contributed by atoms with Crippen LogP contribution < -0.4 is 9.64 Å². The van der Waals surface area contributed by atoms with E-state index >= 15 is 0 Å². The fourth-order valence-corrected chi connectivity index (χ4v) is 3.25. The second kappa shape index (κ2) is 5.28. The van der Waals surface area contributed by atoms with Gasteiger partial charge in [0.1, 0.15) is 18.7 Å². The Kier molecular flexibility index (Phi) is 3.26. The molecule has 7 heteroatoms. The first kappa shape index (κ1) is 13.6. The smallest absolute Gasteiger partial charge is 0.236 e. The second-order valence-electron chi connectivity index (χ2n) is 5.59. The minimum atomic E-state index is -0.214. The standard InChI is InChI=1S/C15H15ClN4O2/c16-12-2-3-13-10(7-12)6-11(8-22-13)14(21)19-4-1-5-20-15(19)17-9-18-20/h2-3,7,9,11H,1,4-6,8H2. The molecule has 0 radical (unpaired) electrons. The highest BCUT2D eigenvalue weighted by atomic mass is 35.5. The van der Waals surface area contributed by atoms with Crippen LogP contribution >= 0.6 is 11.6 Å². The van der Waals surface area contributed by atoms with Gasteiger partial charge in [0, 0.05) is 18.1 Å². The zero-order valence-electron chi connectivity index (χ0n) is 11.9. The Morgan fingerprint density at radius 3 is 3.18 bits per heavy atom. The molecule has 0 fully saturated rings. The number of ether oxygens (including phenoxy) is 1. The van der Waals surface area contributed by atoms with Crippen molar-refractivity contribution in [2.24, 2.45) is 5.92 Å². The van der Waals surface area contributed by atoms with E-state index in [0.29, 0.717) is 30.5 Å². The van der Waals surface area contributed by atoms with E-state index < -0.39 is 0 Å². The molecule has 6 nitrogen and oxygen atoms in total. The van der Waals surface area contributed by atoms with Crippen molar-refractivity contribution in [3.8, 4) is 5.75 Å². The third kappa shape index (κ3) is 2.23. The molecular formula is C15H15ClN4O2. The van der Waals surface area contributed by atoms with Gasteiger partial charge in [0.05, 0.1) is 5.92 Å². The summed E-state index contributed by atoms with van der Waals surface area (Å²) in [7, 11) is 0. The number of rotatable bonds is 1. The van der Waals surface area contributed by atoms with E-state index in [1.807, 2.05) is 12.1 Å². The lowest BCUT2D eigenvalue weighted by Crippen LogP contribution is -2.44. The van der Waals surface area contributed by atoms with Gasteiger partial charge < -0.3 is 4.74 Å². The normalized spacial score (nSPS) is 20.0. The zero-order chi connectivity index (χ0) is 15.1. The summed E-state index contributed by atoms with van der Waals surface area (Å²) in [5.74, 6) is 1.28. The number of nitrogens with zero attached hydrogens (tertiary/aromatic N) is 4. The molecule has 0 spiro atoms. The van der Waals surface area contributed by atoms with E-state index in [1.165, 1.54) is 6.33 Å². The first-order valence-electron chi connectivity index (χ1n) is 7.33. The van der Waals surface area contributed by atoms with Gasteiger partial charge in [-0.05, 0) is 36.6 Å². The largest absolute Gasteiger partial charge is 0.492 e. The summed E-state index contributed by atoms with van der Waals surface area (Å²) in [6, 6.07) is 5.53. The van der Waals surface area contributed by atoms with Gasteiger partial charge in [-0.1, -0.05) is 11.6 Å². The first-order valence-corrected chi connectivity index (χ1v) is 7.70. The number of benzene rings is 1. The number of aromatic nitrogens is 3. The summed E-state index contributed by atoms with van der Waals surface area (Å²) in [5, 5.41) is 4.81. The lowest BCUT2D eigenvalue weighted by molar-refractivity contribution is -0.123. The van der Waals surface area contributed by atoms with Crippen molar-refractivity contribution in [2.45, 2.75) is 19.4 Å². The number of hydrogen-bond acceptors (Lipinski definition) is 4. The van der Waals surface area contributed by atoms with Gasteiger partial charge in [0.25, 0.3) is 0 Å². The Hall–Kier alpha value is -2.08. The van der Waals surface area contributed by atoms with E-state index in [1.54, 1.807) is 15.6 Å². The van der Waals surface area contributed by atoms with Crippen molar-refractivity contribution in [1.82, 2.24) is 14.8 Å². The number of anilines is 1. The molecule has 1 aromatic carbocycles. The van der Waals surface area contributed by atoms with Crippen LogP contribution in [0, 0.1) is 5.92 Å². The van der Waals surface area contributed by atoms with Crippen LogP contribution in [-0.2, 0) is 17.8 Å². The molecule has 22 heavy (non-hydrogen) atoms. The van der Waals surface area contributed by atoms with Gasteiger partial charge in [-0.2, -0.15) is 10.1 Å². The number of fused-ring (bicyclic) bond motifs is 2. The van der Waals surface area contributed by atoms with Crippen LogP contribution in [0.15, 0.2) is 24.5 Å². The van der Waals surface area contributed by atoms with Gasteiger partial charge >= 0.3 is 0 Å². The fourth-order valence-electron chi connectivity index (χ4n) is 3.05. The Morgan fingerprint density at radius 2 is 2.27 bits per heavy atom. The molecule has 2 aromatic rings. The minimum absolute atomic E-state index is 0.0413. The molecule has 0 N–H and O–H groups in total. The lowest BCUT2D eigenvalue weighted by atomic mass is 9.95. The van der Waals surface area contributed by atoms with Crippen LogP contribution in [0.5, 0.6) is 5.75 Å². The van der Waals surface area contributed by atoms with Gasteiger partial charge in [-0.3, -0.25) is 9.69 Å². The van der Waals surface area contributed by atoms with Gasteiger partial charge in [-0.15, -0.1) is 0 Å². The molecule has 0 bridgehead atoms. The maximum Gasteiger partial charge on any atom is 0.236 e. The molecule has 1 atom stereocenters. The van der Waals surface area contributed by atoms with Crippen molar-refractivity contribution < 1.29 is 9.53 Å². The van der Waals surface area contributed by atoms with Gasteiger partial charge in [0.15, 0.2) is 0 Å². The zero-order valence-corrected chi connectivity index (χ0v) is 12.7. The van der Waals surface area contributed by atoms with Crippen LogP contribution in [0.2, 0.25) is 5.02 Å².